The Morgan fingerprint density at radius 3 is 2.20 bits per heavy atom. The molecule has 0 aromatic heterocycles. The van der Waals surface area contributed by atoms with Crippen LogP contribution in [0.5, 0.6) is 0 Å². The van der Waals surface area contributed by atoms with Crippen molar-refractivity contribution in [2.75, 3.05) is 26.7 Å². The summed E-state index contributed by atoms with van der Waals surface area (Å²) in [5.74, 6) is 2.87. The average molecular weight is 462 g/mol. The summed E-state index contributed by atoms with van der Waals surface area (Å²) < 4.78 is 0. The third-order valence-corrected chi connectivity index (χ3v) is 6.09. The van der Waals surface area contributed by atoms with Gasteiger partial charge in [0, 0.05) is 39.1 Å². The molecule has 0 spiro atoms. The predicted molar refractivity (Wildman–Crippen MR) is 113 cm³/mol. The van der Waals surface area contributed by atoms with E-state index in [-0.39, 0.29) is 29.9 Å². The van der Waals surface area contributed by atoms with Gasteiger partial charge in [-0.25, -0.2) is 0 Å². The van der Waals surface area contributed by atoms with E-state index >= 15 is 0 Å². The molecule has 0 bridgehead atoms. The average Bonchev–Trinajstić information content (AvgIpc) is 3.03. The molecule has 3 fully saturated rings. The number of fused-ring (bicyclic) bond motifs is 1. The van der Waals surface area contributed by atoms with Crippen LogP contribution in [0.1, 0.15) is 64.2 Å². The van der Waals surface area contributed by atoms with Gasteiger partial charge in [0.2, 0.25) is 5.91 Å². The lowest BCUT2D eigenvalue weighted by atomic mass is 9.82. The van der Waals surface area contributed by atoms with E-state index in [1.807, 2.05) is 7.05 Å². The second kappa shape index (κ2) is 10.6. The molecule has 144 valence electrons. The first kappa shape index (κ1) is 20.8. The number of hydrogen-bond donors (Lipinski definition) is 2. The molecule has 0 radical (unpaired) electrons. The summed E-state index contributed by atoms with van der Waals surface area (Å²) in [5.41, 5.74) is 0. The molecular formula is C19H35IN4O. The molecule has 2 N–H and O–H groups in total. The minimum atomic E-state index is 0. The van der Waals surface area contributed by atoms with Gasteiger partial charge in [-0.1, -0.05) is 32.1 Å². The maximum absolute atomic E-state index is 12.1. The van der Waals surface area contributed by atoms with Crippen molar-refractivity contribution < 1.29 is 4.79 Å². The van der Waals surface area contributed by atoms with Crippen LogP contribution in [0, 0.1) is 11.8 Å². The van der Waals surface area contributed by atoms with E-state index in [4.69, 9.17) is 0 Å². The third-order valence-electron chi connectivity index (χ3n) is 6.09. The van der Waals surface area contributed by atoms with Crippen LogP contribution in [0.4, 0.5) is 0 Å². The summed E-state index contributed by atoms with van der Waals surface area (Å²) in [6.45, 7) is 2.95. The van der Waals surface area contributed by atoms with Gasteiger partial charge in [-0.05, 0) is 37.5 Å². The van der Waals surface area contributed by atoms with Crippen molar-refractivity contribution in [3.63, 3.8) is 0 Å². The number of rotatable bonds is 4. The van der Waals surface area contributed by atoms with E-state index in [0.29, 0.717) is 19.0 Å². The van der Waals surface area contributed by atoms with Gasteiger partial charge in [0.1, 0.15) is 0 Å². The Morgan fingerprint density at radius 1 is 1.00 bits per heavy atom. The molecule has 3 aliphatic rings. The highest BCUT2D eigenvalue weighted by atomic mass is 127. The monoisotopic (exact) mass is 462 g/mol. The number of amides is 1. The lowest BCUT2D eigenvalue weighted by Gasteiger charge is -2.24. The van der Waals surface area contributed by atoms with Gasteiger partial charge in [-0.2, -0.15) is 0 Å². The van der Waals surface area contributed by atoms with E-state index < -0.39 is 0 Å². The maximum Gasteiger partial charge on any atom is 0.221 e. The van der Waals surface area contributed by atoms with Crippen LogP contribution >= 0.6 is 24.0 Å². The van der Waals surface area contributed by atoms with Crippen molar-refractivity contribution >= 4 is 35.8 Å². The van der Waals surface area contributed by atoms with Gasteiger partial charge >= 0.3 is 0 Å². The Bertz CT molecular complexity index is 437. The van der Waals surface area contributed by atoms with Crippen molar-refractivity contribution in [2.45, 2.75) is 70.3 Å². The van der Waals surface area contributed by atoms with Crippen LogP contribution in [-0.2, 0) is 4.79 Å². The number of aliphatic imine (C=N–C) groups is 1. The van der Waals surface area contributed by atoms with Crippen molar-refractivity contribution in [2.24, 2.45) is 16.8 Å². The Balaban J connectivity index is 0.00000225. The highest BCUT2D eigenvalue weighted by molar-refractivity contribution is 14.0. The number of nitrogens with one attached hydrogen (secondary N) is 2. The quantitative estimate of drug-likeness (QED) is 0.384. The molecule has 1 aliphatic heterocycles. The molecule has 2 saturated carbocycles. The Labute approximate surface area is 169 Å². The molecular weight excluding hydrogens is 427 g/mol. The number of likely N-dealkylation sites (tertiary alicyclic amines) is 1. The van der Waals surface area contributed by atoms with E-state index in [1.54, 1.807) is 0 Å². The molecule has 1 amide bonds. The third kappa shape index (κ3) is 6.00. The molecule has 2 aliphatic carbocycles. The summed E-state index contributed by atoms with van der Waals surface area (Å²) in [4.78, 5) is 18.9. The molecule has 1 heterocycles. The van der Waals surface area contributed by atoms with Crippen molar-refractivity contribution in [1.29, 1.82) is 0 Å². The predicted octanol–water partition coefficient (Wildman–Crippen LogP) is 3.14. The van der Waals surface area contributed by atoms with Crippen molar-refractivity contribution in [3.8, 4) is 0 Å². The van der Waals surface area contributed by atoms with Crippen molar-refractivity contribution in [1.82, 2.24) is 15.5 Å². The molecule has 2 atom stereocenters. The fourth-order valence-corrected chi connectivity index (χ4v) is 4.75. The first-order chi connectivity index (χ1) is 11.8. The zero-order chi connectivity index (χ0) is 16.8. The first-order valence-corrected chi connectivity index (χ1v) is 10.0. The largest absolute Gasteiger partial charge is 0.356 e. The Hall–Kier alpha value is -0.530. The lowest BCUT2D eigenvalue weighted by molar-refractivity contribution is -0.121. The van der Waals surface area contributed by atoms with Crippen LogP contribution in [0.25, 0.3) is 0 Å². The summed E-state index contributed by atoms with van der Waals surface area (Å²) in [6.07, 6.45) is 12.2. The van der Waals surface area contributed by atoms with E-state index in [9.17, 15) is 4.79 Å². The summed E-state index contributed by atoms with van der Waals surface area (Å²) >= 11 is 0. The zero-order valence-corrected chi connectivity index (χ0v) is 18.0. The number of carbonyl (C=O) groups is 1. The zero-order valence-electron chi connectivity index (χ0n) is 15.6. The molecule has 0 aromatic carbocycles. The normalized spacial score (nSPS) is 27.4. The van der Waals surface area contributed by atoms with Crippen LogP contribution in [0.15, 0.2) is 4.99 Å². The number of halogens is 1. The fraction of sp³-hybridized carbons (Fsp3) is 0.895. The van der Waals surface area contributed by atoms with Gasteiger partial charge < -0.3 is 15.5 Å². The topological polar surface area (TPSA) is 56.7 Å². The van der Waals surface area contributed by atoms with Gasteiger partial charge in [-0.3, -0.25) is 9.79 Å². The number of carbonyl (C=O) groups excluding carboxylic acids is 1. The molecule has 6 heteroatoms. The molecule has 5 nitrogen and oxygen atoms in total. The van der Waals surface area contributed by atoms with Gasteiger partial charge in [0.25, 0.3) is 0 Å². The molecule has 3 rings (SSSR count). The van der Waals surface area contributed by atoms with Crippen LogP contribution < -0.4 is 10.6 Å². The van der Waals surface area contributed by atoms with Gasteiger partial charge in [-0.15, -0.1) is 24.0 Å². The SMILES string of the molecule is CN=C(NCCC(=O)NC1CCCCC1)N1CC2CCCCC2C1.I. The number of hydrogen-bond acceptors (Lipinski definition) is 2. The van der Waals surface area contributed by atoms with Crippen LogP contribution in [0.3, 0.4) is 0 Å². The van der Waals surface area contributed by atoms with Crippen LogP contribution in [-0.4, -0.2) is 49.5 Å². The highest BCUT2D eigenvalue weighted by Gasteiger charge is 2.35. The second-order valence-electron chi connectivity index (χ2n) is 7.84. The standard InChI is InChI=1S/C19H34N4O.HI/c1-20-19(23-13-15-7-5-6-8-16(15)14-23)21-12-11-18(24)22-17-9-3-2-4-10-17;/h15-17H,2-14H2,1H3,(H,20,21)(H,22,24);1H. The molecule has 0 aromatic rings. The first-order valence-electron chi connectivity index (χ1n) is 10.0. The van der Waals surface area contributed by atoms with Gasteiger partial charge in [0.05, 0.1) is 0 Å². The summed E-state index contributed by atoms with van der Waals surface area (Å²) in [5, 5.41) is 6.59. The maximum atomic E-state index is 12.1. The smallest absolute Gasteiger partial charge is 0.221 e. The Morgan fingerprint density at radius 2 is 1.60 bits per heavy atom. The van der Waals surface area contributed by atoms with E-state index in [0.717, 1.165) is 43.7 Å². The van der Waals surface area contributed by atoms with Crippen molar-refractivity contribution in [3.05, 3.63) is 0 Å². The Kier molecular flexibility index (Phi) is 8.79. The second-order valence-corrected chi connectivity index (χ2v) is 7.84. The summed E-state index contributed by atoms with van der Waals surface area (Å²) in [7, 11) is 1.85. The van der Waals surface area contributed by atoms with E-state index in [2.05, 4.69) is 20.5 Å². The summed E-state index contributed by atoms with van der Waals surface area (Å²) in [6, 6.07) is 0.410. The highest BCUT2D eigenvalue weighted by Crippen LogP contribution is 2.35. The number of nitrogens with zero attached hydrogens (tertiary/aromatic N) is 2. The molecule has 25 heavy (non-hydrogen) atoms. The number of guanidine groups is 1. The fourth-order valence-electron chi connectivity index (χ4n) is 4.75. The van der Waals surface area contributed by atoms with E-state index in [1.165, 1.54) is 44.9 Å². The lowest BCUT2D eigenvalue weighted by Crippen LogP contribution is -2.42. The molecule has 1 saturated heterocycles. The minimum absolute atomic E-state index is 0. The minimum Gasteiger partial charge on any atom is -0.356 e. The van der Waals surface area contributed by atoms with Crippen LogP contribution in [0.2, 0.25) is 0 Å². The molecule has 2 unspecified atom stereocenters. The van der Waals surface area contributed by atoms with Gasteiger partial charge in [0.15, 0.2) is 5.96 Å².